The van der Waals surface area contributed by atoms with Gasteiger partial charge in [-0.15, -0.1) is 0 Å². The van der Waals surface area contributed by atoms with E-state index >= 15 is 0 Å². The van der Waals surface area contributed by atoms with Crippen LogP contribution in [0, 0.1) is 6.92 Å². The lowest BCUT2D eigenvalue weighted by Gasteiger charge is -2.26. The SMILES string of the molecule is Cc1occ(C(F)(F)F)c1CNC(=O)c1nn(C)c2c1C[C@@H](C)O[C@H]2C. The van der Waals surface area contributed by atoms with Crippen LogP contribution in [0.5, 0.6) is 0 Å². The Bertz CT molecular complexity index is 838. The molecule has 1 aliphatic heterocycles. The minimum absolute atomic E-state index is 0.0683. The summed E-state index contributed by atoms with van der Waals surface area (Å²) in [7, 11) is 1.72. The number of aryl methyl sites for hydroxylation is 2. The first-order valence-electron chi connectivity index (χ1n) is 8.23. The zero-order valence-corrected chi connectivity index (χ0v) is 14.9. The molecule has 0 bridgehead atoms. The third-order valence-electron chi connectivity index (χ3n) is 4.56. The van der Waals surface area contributed by atoms with Gasteiger partial charge in [-0.2, -0.15) is 18.3 Å². The number of amides is 1. The summed E-state index contributed by atoms with van der Waals surface area (Å²) < 4.78 is 51.3. The Morgan fingerprint density at radius 3 is 2.77 bits per heavy atom. The predicted octanol–water partition coefficient (Wildman–Crippen LogP) is 3.29. The number of hydrogen-bond acceptors (Lipinski definition) is 4. The summed E-state index contributed by atoms with van der Waals surface area (Å²) in [4.78, 5) is 12.6. The Morgan fingerprint density at radius 1 is 1.42 bits per heavy atom. The molecule has 2 aromatic rings. The monoisotopic (exact) mass is 371 g/mol. The van der Waals surface area contributed by atoms with Crippen molar-refractivity contribution in [2.24, 2.45) is 7.05 Å². The number of nitrogens with zero attached hydrogens (tertiary/aromatic N) is 2. The van der Waals surface area contributed by atoms with E-state index in [0.29, 0.717) is 12.7 Å². The summed E-state index contributed by atoms with van der Waals surface area (Å²) in [5.41, 5.74) is 0.842. The van der Waals surface area contributed by atoms with Gasteiger partial charge in [-0.3, -0.25) is 9.48 Å². The van der Waals surface area contributed by atoms with Gasteiger partial charge in [0.15, 0.2) is 5.69 Å². The van der Waals surface area contributed by atoms with E-state index in [1.807, 2.05) is 13.8 Å². The number of fused-ring (bicyclic) bond motifs is 1. The van der Waals surface area contributed by atoms with Crippen molar-refractivity contribution in [2.75, 3.05) is 0 Å². The molecule has 2 atom stereocenters. The Hall–Kier alpha value is -2.29. The number of furan rings is 1. The maximum absolute atomic E-state index is 13.0. The number of carbonyl (C=O) groups is 1. The molecule has 3 heterocycles. The summed E-state index contributed by atoms with van der Waals surface area (Å²) in [6, 6.07) is 0. The Balaban J connectivity index is 1.83. The molecule has 6 nitrogen and oxygen atoms in total. The van der Waals surface area contributed by atoms with Crippen LogP contribution in [0.25, 0.3) is 0 Å². The second-order valence-electron chi connectivity index (χ2n) is 6.49. The van der Waals surface area contributed by atoms with Crippen LogP contribution in [0.4, 0.5) is 13.2 Å². The fourth-order valence-electron chi connectivity index (χ4n) is 3.41. The van der Waals surface area contributed by atoms with E-state index < -0.39 is 17.6 Å². The molecule has 1 aliphatic rings. The van der Waals surface area contributed by atoms with Crippen LogP contribution < -0.4 is 5.32 Å². The van der Waals surface area contributed by atoms with Crippen LogP contribution >= 0.6 is 0 Å². The molecule has 0 radical (unpaired) electrons. The number of halogens is 3. The molecule has 0 saturated carbocycles. The molecule has 0 aromatic carbocycles. The fraction of sp³-hybridized carbons (Fsp3) is 0.529. The van der Waals surface area contributed by atoms with Crippen LogP contribution in [0.15, 0.2) is 10.7 Å². The summed E-state index contributed by atoms with van der Waals surface area (Å²) in [6.45, 7) is 4.92. The number of nitrogens with one attached hydrogen (secondary N) is 1. The van der Waals surface area contributed by atoms with Crippen LogP contribution in [0.1, 0.15) is 58.6 Å². The number of carbonyl (C=O) groups excluding carboxylic acids is 1. The van der Waals surface area contributed by atoms with E-state index in [-0.39, 0.29) is 35.8 Å². The lowest BCUT2D eigenvalue weighted by molar-refractivity contribution is -0.138. The van der Waals surface area contributed by atoms with Gasteiger partial charge in [0.2, 0.25) is 0 Å². The molecule has 0 unspecified atom stereocenters. The molecule has 1 N–H and O–H groups in total. The van der Waals surface area contributed by atoms with Crippen molar-refractivity contribution in [2.45, 2.75) is 52.1 Å². The highest BCUT2D eigenvalue weighted by atomic mass is 19.4. The van der Waals surface area contributed by atoms with Crippen molar-refractivity contribution in [1.82, 2.24) is 15.1 Å². The molecular weight excluding hydrogens is 351 g/mol. The van der Waals surface area contributed by atoms with Gasteiger partial charge in [-0.1, -0.05) is 0 Å². The summed E-state index contributed by atoms with van der Waals surface area (Å²) in [5.74, 6) is -0.395. The van der Waals surface area contributed by atoms with Crippen LogP contribution in [-0.4, -0.2) is 21.8 Å². The second kappa shape index (κ2) is 6.46. The van der Waals surface area contributed by atoms with Crippen LogP contribution in [0.3, 0.4) is 0 Å². The highest BCUT2D eigenvalue weighted by Gasteiger charge is 2.36. The summed E-state index contributed by atoms with van der Waals surface area (Å²) in [6.07, 6.45) is -3.62. The van der Waals surface area contributed by atoms with Crippen molar-refractivity contribution >= 4 is 5.91 Å². The van der Waals surface area contributed by atoms with E-state index in [1.165, 1.54) is 6.92 Å². The first kappa shape index (κ1) is 18.5. The third-order valence-corrected chi connectivity index (χ3v) is 4.56. The Kier molecular flexibility index (Phi) is 4.60. The van der Waals surface area contributed by atoms with Gasteiger partial charge in [0.1, 0.15) is 12.0 Å². The maximum atomic E-state index is 13.0. The maximum Gasteiger partial charge on any atom is 0.419 e. The Morgan fingerprint density at radius 2 is 2.12 bits per heavy atom. The topological polar surface area (TPSA) is 69.3 Å². The van der Waals surface area contributed by atoms with Gasteiger partial charge >= 0.3 is 6.18 Å². The minimum atomic E-state index is -4.54. The highest BCUT2D eigenvalue weighted by Crippen LogP contribution is 2.35. The standard InChI is InChI=1S/C17H20F3N3O3/c1-8-5-11-14(22-23(4)15(11)10(3)26-8)16(24)21-6-12-9(2)25-7-13(12)17(18,19)20/h7-8,10H,5-6H2,1-4H3,(H,21,24)/t8-,10+/m1/s1. The van der Waals surface area contributed by atoms with E-state index in [4.69, 9.17) is 9.15 Å². The zero-order chi connectivity index (χ0) is 19.2. The van der Waals surface area contributed by atoms with Gasteiger partial charge in [-0.05, 0) is 20.8 Å². The molecule has 0 saturated heterocycles. The van der Waals surface area contributed by atoms with Gasteiger partial charge in [0.05, 0.1) is 23.5 Å². The molecule has 2 aromatic heterocycles. The minimum Gasteiger partial charge on any atom is -0.469 e. The van der Waals surface area contributed by atoms with E-state index in [1.54, 1.807) is 11.7 Å². The first-order chi connectivity index (χ1) is 12.1. The molecule has 0 spiro atoms. The van der Waals surface area contributed by atoms with Crippen molar-refractivity contribution < 1.29 is 27.1 Å². The zero-order valence-electron chi connectivity index (χ0n) is 14.9. The summed E-state index contributed by atoms with van der Waals surface area (Å²) >= 11 is 0. The van der Waals surface area contributed by atoms with Gasteiger partial charge in [0, 0.05) is 31.1 Å². The number of ether oxygens (including phenoxy) is 1. The second-order valence-corrected chi connectivity index (χ2v) is 6.49. The molecule has 0 fully saturated rings. The first-order valence-corrected chi connectivity index (χ1v) is 8.23. The average Bonchev–Trinajstić information content (AvgIpc) is 3.05. The van der Waals surface area contributed by atoms with E-state index in [0.717, 1.165) is 11.3 Å². The van der Waals surface area contributed by atoms with Crippen molar-refractivity contribution in [3.05, 3.63) is 40.1 Å². The molecular formula is C17H20F3N3O3. The van der Waals surface area contributed by atoms with Crippen LogP contribution in [-0.2, 0) is 30.9 Å². The summed E-state index contributed by atoms with van der Waals surface area (Å²) in [5, 5.41) is 6.78. The number of hydrogen-bond donors (Lipinski definition) is 1. The lowest BCUT2D eigenvalue weighted by Crippen LogP contribution is -2.28. The van der Waals surface area contributed by atoms with E-state index in [9.17, 15) is 18.0 Å². The van der Waals surface area contributed by atoms with Crippen LogP contribution in [0.2, 0.25) is 0 Å². The number of alkyl halides is 3. The van der Waals surface area contributed by atoms with Crippen molar-refractivity contribution in [1.29, 1.82) is 0 Å². The molecule has 0 aliphatic carbocycles. The molecule has 3 rings (SSSR count). The smallest absolute Gasteiger partial charge is 0.419 e. The largest absolute Gasteiger partial charge is 0.469 e. The van der Waals surface area contributed by atoms with Crippen molar-refractivity contribution in [3.63, 3.8) is 0 Å². The number of aromatic nitrogens is 2. The van der Waals surface area contributed by atoms with Gasteiger partial charge < -0.3 is 14.5 Å². The molecule has 9 heteroatoms. The molecule has 142 valence electrons. The number of rotatable bonds is 3. The van der Waals surface area contributed by atoms with Crippen molar-refractivity contribution in [3.8, 4) is 0 Å². The molecule has 26 heavy (non-hydrogen) atoms. The highest BCUT2D eigenvalue weighted by molar-refractivity contribution is 5.94. The molecule has 1 amide bonds. The van der Waals surface area contributed by atoms with Gasteiger partial charge in [0.25, 0.3) is 5.91 Å². The van der Waals surface area contributed by atoms with Gasteiger partial charge in [-0.25, -0.2) is 0 Å². The average molecular weight is 371 g/mol. The normalized spacial score (nSPS) is 20.1. The van der Waals surface area contributed by atoms with E-state index in [2.05, 4.69) is 10.4 Å². The fourth-order valence-corrected chi connectivity index (χ4v) is 3.41. The third kappa shape index (κ3) is 3.23. The predicted molar refractivity (Wildman–Crippen MR) is 85.5 cm³/mol. The Labute approximate surface area is 148 Å². The quantitative estimate of drug-likeness (QED) is 0.899. The lowest BCUT2D eigenvalue weighted by atomic mass is 9.99.